The van der Waals surface area contributed by atoms with Gasteiger partial charge in [0.15, 0.2) is 0 Å². The van der Waals surface area contributed by atoms with E-state index in [-0.39, 0.29) is 5.97 Å². The van der Waals surface area contributed by atoms with Gasteiger partial charge in [0.05, 0.1) is 6.61 Å². The lowest BCUT2D eigenvalue weighted by atomic mass is 10.1. The first-order valence-electron chi connectivity index (χ1n) is 9.89. The topological polar surface area (TPSA) is 61.5 Å². The molecule has 146 valence electrons. The number of carbonyl (C=O) groups is 1. The number of carbonyl (C=O) groups excluding carboxylic acids is 1. The molecule has 0 unspecified atom stereocenters. The first-order chi connectivity index (χ1) is 13.2. The monoisotopic (exact) mass is 369 g/mol. The Morgan fingerprint density at radius 2 is 1.59 bits per heavy atom. The predicted octanol–water partition coefficient (Wildman–Crippen LogP) is 5.17. The number of nitrogens with two attached hydrogens (primary N) is 1. The van der Waals surface area contributed by atoms with Crippen molar-refractivity contribution < 1.29 is 14.3 Å². The van der Waals surface area contributed by atoms with E-state index < -0.39 is 6.04 Å². The molecule has 0 aliphatic heterocycles. The zero-order valence-electron chi connectivity index (χ0n) is 16.2. The number of rotatable bonds is 12. The Morgan fingerprint density at radius 3 is 2.30 bits per heavy atom. The van der Waals surface area contributed by atoms with Gasteiger partial charge in [-0.3, -0.25) is 0 Å². The lowest BCUT2D eigenvalue weighted by molar-refractivity contribution is -0.145. The molecule has 0 saturated heterocycles. The van der Waals surface area contributed by atoms with Crippen LogP contribution in [0.1, 0.15) is 62.6 Å². The van der Waals surface area contributed by atoms with E-state index in [0.717, 1.165) is 29.7 Å². The molecular weight excluding hydrogens is 338 g/mol. The van der Waals surface area contributed by atoms with Gasteiger partial charge in [-0.2, -0.15) is 0 Å². The van der Waals surface area contributed by atoms with Crippen molar-refractivity contribution in [3.8, 4) is 5.75 Å². The summed E-state index contributed by atoms with van der Waals surface area (Å²) in [5.74, 6) is 0.372. The summed E-state index contributed by atoms with van der Waals surface area (Å²) in [7, 11) is 0. The standard InChI is InChI=1S/C23H31NO3/c1-2-3-4-5-6-10-17-26-23(25)22(24)20-13-15-21(16-14-20)27-18-19-11-8-7-9-12-19/h7-9,11-16,22H,2-6,10,17-18,24H2,1H3/t22-/m0/s1. The first-order valence-corrected chi connectivity index (χ1v) is 9.89. The van der Waals surface area contributed by atoms with Crippen molar-refractivity contribution in [3.05, 3.63) is 65.7 Å². The van der Waals surface area contributed by atoms with Crippen molar-refractivity contribution in [2.75, 3.05) is 6.61 Å². The molecule has 0 saturated carbocycles. The van der Waals surface area contributed by atoms with Crippen molar-refractivity contribution in [1.29, 1.82) is 0 Å². The summed E-state index contributed by atoms with van der Waals surface area (Å²) in [4.78, 5) is 12.1. The predicted molar refractivity (Wildman–Crippen MR) is 108 cm³/mol. The lowest BCUT2D eigenvalue weighted by Gasteiger charge is -2.13. The zero-order chi connectivity index (χ0) is 19.3. The van der Waals surface area contributed by atoms with Gasteiger partial charge in [0.25, 0.3) is 0 Å². The van der Waals surface area contributed by atoms with Crippen LogP contribution in [0.25, 0.3) is 0 Å². The molecule has 0 spiro atoms. The molecule has 0 amide bonds. The second-order valence-corrected chi connectivity index (χ2v) is 6.76. The van der Waals surface area contributed by atoms with E-state index in [1.807, 2.05) is 54.6 Å². The summed E-state index contributed by atoms with van der Waals surface area (Å²) in [6.07, 6.45) is 6.95. The summed E-state index contributed by atoms with van der Waals surface area (Å²) in [5, 5.41) is 0. The summed E-state index contributed by atoms with van der Waals surface area (Å²) >= 11 is 0. The van der Waals surface area contributed by atoms with Gasteiger partial charge in [-0.1, -0.05) is 81.5 Å². The highest BCUT2D eigenvalue weighted by Gasteiger charge is 2.17. The van der Waals surface area contributed by atoms with Gasteiger partial charge in [-0.25, -0.2) is 4.79 Å². The Balaban J connectivity index is 1.70. The lowest BCUT2D eigenvalue weighted by Crippen LogP contribution is -2.24. The fourth-order valence-electron chi connectivity index (χ4n) is 2.79. The number of hydrogen-bond donors (Lipinski definition) is 1. The van der Waals surface area contributed by atoms with E-state index >= 15 is 0 Å². The van der Waals surface area contributed by atoms with E-state index in [2.05, 4.69) is 6.92 Å². The third-order valence-electron chi connectivity index (χ3n) is 4.48. The Bertz CT molecular complexity index is 655. The summed E-state index contributed by atoms with van der Waals surface area (Å²) in [6, 6.07) is 16.5. The fourth-order valence-corrected chi connectivity index (χ4v) is 2.79. The Hall–Kier alpha value is -2.33. The van der Waals surface area contributed by atoms with E-state index in [4.69, 9.17) is 15.2 Å². The quantitative estimate of drug-likeness (QED) is 0.414. The van der Waals surface area contributed by atoms with Crippen molar-refractivity contribution >= 4 is 5.97 Å². The highest BCUT2D eigenvalue weighted by molar-refractivity contribution is 5.77. The molecule has 0 fully saturated rings. The van der Waals surface area contributed by atoms with Crippen LogP contribution in [0.2, 0.25) is 0 Å². The van der Waals surface area contributed by atoms with Crippen molar-refractivity contribution in [3.63, 3.8) is 0 Å². The van der Waals surface area contributed by atoms with Gasteiger partial charge in [0.2, 0.25) is 0 Å². The number of unbranched alkanes of at least 4 members (excludes halogenated alkanes) is 5. The molecule has 4 nitrogen and oxygen atoms in total. The van der Waals surface area contributed by atoms with Crippen LogP contribution in [0, 0.1) is 0 Å². The summed E-state index contributed by atoms with van der Waals surface area (Å²) in [5.41, 5.74) is 7.86. The molecule has 2 aromatic rings. The maximum absolute atomic E-state index is 12.1. The third kappa shape index (κ3) is 7.83. The first kappa shape index (κ1) is 21.0. The Labute approximate surface area is 162 Å². The zero-order valence-corrected chi connectivity index (χ0v) is 16.2. The Kier molecular flexibility index (Phi) is 9.42. The molecule has 0 aliphatic rings. The molecule has 0 heterocycles. The summed E-state index contributed by atoms with van der Waals surface area (Å²) < 4.78 is 11.1. The Morgan fingerprint density at radius 1 is 0.926 bits per heavy atom. The average molecular weight is 370 g/mol. The van der Waals surface area contributed by atoms with Gasteiger partial charge in [0, 0.05) is 0 Å². The molecule has 2 rings (SSSR count). The largest absolute Gasteiger partial charge is 0.489 e. The number of esters is 1. The minimum absolute atomic E-state index is 0.374. The van der Waals surface area contributed by atoms with Crippen LogP contribution in [0.4, 0.5) is 0 Å². The molecule has 0 radical (unpaired) electrons. The molecular formula is C23H31NO3. The minimum atomic E-state index is -0.756. The van der Waals surface area contributed by atoms with E-state index in [0.29, 0.717) is 13.2 Å². The van der Waals surface area contributed by atoms with Gasteiger partial charge in [-0.05, 0) is 29.7 Å². The van der Waals surface area contributed by atoms with Crippen LogP contribution < -0.4 is 10.5 Å². The van der Waals surface area contributed by atoms with Crippen LogP contribution >= 0.6 is 0 Å². The SMILES string of the molecule is CCCCCCCCOC(=O)[C@@H](N)c1ccc(OCc2ccccc2)cc1. The highest BCUT2D eigenvalue weighted by Crippen LogP contribution is 2.19. The van der Waals surface area contributed by atoms with Crippen LogP contribution in [0.3, 0.4) is 0 Å². The smallest absolute Gasteiger partial charge is 0.327 e. The average Bonchev–Trinajstić information content (AvgIpc) is 2.72. The van der Waals surface area contributed by atoms with Crippen molar-refractivity contribution in [2.24, 2.45) is 5.73 Å². The molecule has 2 N–H and O–H groups in total. The number of benzene rings is 2. The molecule has 27 heavy (non-hydrogen) atoms. The maximum Gasteiger partial charge on any atom is 0.327 e. The third-order valence-corrected chi connectivity index (χ3v) is 4.48. The fraction of sp³-hybridized carbons (Fsp3) is 0.435. The second kappa shape index (κ2) is 12.1. The van der Waals surface area contributed by atoms with E-state index in [1.165, 1.54) is 25.7 Å². The molecule has 0 aliphatic carbocycles. The second-order valence-electron chi connectivity index (χ2n) is 6.76. The minimum Gasteiger partial charge on any atom is -0.489 e. The molecule has 2 aromatic carbocycles. The van der Waals surface area contributed by atoms with Crippen molar-refractivity contribution in [2.45, 2.75) is 58.1 Å². The van der Waals surface area contributed by atoms with Crippen LogP contribution in [-0.2, 0) is 16.1 Å². The maximum atomic E-state index is 12.1. The molecule has 4 heteroatoms. The van der Waals surface area contributed by atoms with Crippen LogP contribution in [-0.4, -0.2) is 12.6 Å². The van der Waals surface area contributed by atoms with Gasteiger partial charge < -0.3 is 15.2 Å². The molecule has 0 bridgehead atoms. The van der Waals surface area contributed by atoms with Gasteiger partial charge >= 0.3 is 5.97 Å². The van der Waals surface area contributed by atoms with Gasteiger partial charge in [0.1, 0.15) is 18.4 Å². The van der Waals surface area contributed by atoms with E-state index in [1.54, 1.807) is 0 Å². The number of hydrogen-bond acceptors (Lipinski definition) is 4. The van der Waals surface area contributed by atoms with Crippen LogP contribution in [0.5, 0.6) is 5.75 Å². The summed E-state index contributed by atoms with van der Waals surface area (Å²) in [6.45, 7) is 3.15. The van der Waals surface area contributed by atoms with E-state index in [9.17, 15) is 4.79 Å². The number of ether oxygens (including phenoxy) is 2. The van der Waals surface area contributed by atoms with Gasteiger partial charge in [-0.15, -0.1) is 0 Å². The molecule has 1 atom stereocenters. The van der Waals surface area contributed by atoms with Crippen LogP contribution in [0.15, 0.2) is 54.6 Å². The highest BCUT2D eigenvalue weighted by atomic mass is 16.5. The van der Waals surface area contributed by atoms with Crippen molar-refractivity contribution in [1.82, 2.24) is 0 Å². The molecule has 0 aromatic heterocycles. The normalized spacial score (nSPS) is 11.8.